The van der Waals surface area contributed by atoms with E-state index in [9.17, 15) is 0 Å². The van der Waals surface area contributed by atoms with Gasteiger partial charge in [0.1, 0.15) is 0 Å². The fourth-order valence-corrected chi connectivity index (χ4v) is 3.21. The highest BCUT2D eigenvalue weighted by molar-refractivity contribution is 4.82. The van der Waals surface area contributed by atoms with E-state index in [1.807, 2.05) is 0 Å². The van der Waals surface area contributed by atoms with Crippen LogP contribution in [0.25, 0.3) is 0 Å². The van der Waals surface area contributed by atoms with Crippen molar-refractivity contribution in [3.8, 4) is 0 Å². The molecule has 1 fully saturated rings. The van der Waals surface area contributed by atoms with Gasteiger partial charge < -0.3 is 10.1 Å². The predicted molar refractivity (Wildman–Crippen MR) is 83.5 cm³/mol. The normalized spacial score (nSPS) is 25.7. The maximum Gasteiger partial charge on any atom is 0.0575 e. The summed E-state index contributed by atoms with van der Waals surface area (Å²) in [6.45, 7) is 11.1. The van der Waals surface area contributed by atoms with E-state index in [4.69, 9.17) is 4.74 Å². The summed E-state index contributed by atoms with van der Waals surface area (Å²) >= 11 is 0. The molecule has 0 aromatic heterocycles. The lowest BCUT2D eigenvalue weighted by Crippen LogP contribution is -2.39. The highest BCUT2D eigenvalue weighted by Gasteiger charge is 2.26. The zero-order valence-corrected chi connectivity index (χ0v) is 13.6. The Hall–Kier alpha value is -0.0800. The summed E-state index contributed by atoms with van der Waals surface area (Å²) in [4.78, 5) is 0. The third-order valence-corrected chi connectivity index (χ3v) is 4.40. The largest absolute Gasteiger partial charge is 0.378 e. The van der Waals surface area contributed by atoms with Gasteiger partial charge in [0.15, 0.2) is 0 Å². The third kappa shape index (κ3) is 6.76. The van der Waals surface area contributed by atoms with Crippen molar-refractivity contribution in [1.29, 1.82) is 0 Å². The average Bonchev–Trinajstić information content (AvgIpc) is 2.39. The average molecular weight is 269 g/mol. The Bertz CT molecular complexity index is 203. The molecule has 0 aliphatic heterocycles. The molecule has 1 unspecified atom stereocenters. The van der Waals surface area contributed by atoms with Crippen LogP contribution in [-0.2, 0) is 4.74 Å². The molecule has 0 saturated heterocycles. The quantitative estimate of drug-likeness (QED) is 0.670. The van der Waals surface area contributed by atoms with Gasteiger partial charge in [-0.15, -0.1) is 0 Å². The van der Waals surface area contributed by atoms with Crippen molar-refractivity contribution in [2.45, 2.75) is 84.8 Å². The smallest absolute Gasteiger partial charge is 0.0575 e. The van der Waals surface area contributed by atoms with E-state index in [0.29, 0.717) is 6.10 Å². The van der Waals surface area contributed by atoms with Crippen molar-refractivity contribution in [2.24, 2.45) is 11.8 Å². The summed E-state index contributed by atoms with van der Waals surface area (Å²) < 4.78 is 6.02. The van der Waals surface area contributed by atoms with Crippen molar-refractivity contribution in [3.05, 3.63) is 0 Å². The topological polar surface area (TPSA) is 21.3 Å². The molecule has 114 valence electrons. The molecule has 2 heteroatoms. The van der Waals surface area contributed by atoms with Crippen molar-refractivity contribution >= 4 is 0 Å². The Kier molecular flexibility index (Phi) is 8.72. The molecular weight excluding hydrogens is 234 g/mol. The number of ether oxygens (including phenoxy) is 1. The minimum Gasteiger partial charge on any atom is -0.378 e. The van der Waals surface area contributed by atoms with Crippen LogP contribution in [0.3, 0.4) is 0 Å². The number of hydrogen-bond donors (Lipinski definition) is 1. The Morgan fingerprint density at radius 2 is 1.74 bits per heavy atom. The van der Waals surface area contributed by atoms with Crippen LogP contribution in [0.15, 0.2) is 0 Å². The molecular formula is C17H35NO. The maximum absolute atomic E-state index is 6.02. The second-order valence-electron chi connectivity index (χ2n) is 6.54. The maximum atomic E-state index is 6.02. The van der Waals surface area contributed by atoms with Crippen LogP contribution >= 0.6 is 0 Å². The number of hydrogen-bond acceptors (Lipinski definition) is 2. The first kappa shape index (κ1) is 17.0. The molecule has 1 atom stereocenters. The summed E-state index contributed by atoms with van der Waals surface area (Å²) in [7, 11) is 0. The van der Waals surface area contributed by atoms with Gasteiger partial charge in [-0.25, -0.2) is 0 Å². The standard InChI is InChI=1S/C17H35NO/c1-5-7-17(18-6-2)15-8-10-16(11-9-15)19-13-12-14(3)4/h14-18H,5-13H2,1-4H3. The molecule has 0 aromatic rings. The van der Waals surface area contributed by atoms with E-state index >= 15 is 0 Å². The highest BCUT2D eigenvalue weighted by atomic mass is 16.5. The summed E-state index contributed by atoms with van der Waals surface area (Å²) in [5.74, 6) is 1.64. The van der Waals surface area contributed by atoms with E-state index < -0.39 is 0 Å². The second kappa shape index (κ2) is 9.77. The van der Waals surface area contributed by atoms with Crippen LogP contribution in [-0.4, -0.2) is 25.3 Å². The molecule has 1 aliphatic rings. The van der Waals surface area contributed by atoms with Crippen LogP contribution in [0.2, 0.25) is 0 Å². The van der Waals surface area contributed by atoms with Gasteiger partial charge in [-0.05, 0) is 56.9 Å². The van der Waals surface area contributed by atoms with E-state index in [0.717, 1.165) is 31.0 Å². The van der Waals surface area contributed by atoms with Gasteiger partial charge in [0.2, 0.25) is 0 Å². The van der Waals surface area contributed by atoms with Gasteiger partial charge in [0.25, 0.3) is 0 Å². The van der Waals surface area contributed by atoms with E-state index in [2.05, 4.69) is 33.0 Å². The zero-order chi connectivity index (χ0) is 14.1. The Morgan fingerprint density at radius 1 is 1.05 bits per heavy atom. The molecule has 1 saturated carbocycles. The lowest BCUT2D eigenvalue weighted by Gasteiger charge is -2.34. The number of rotatable bonds is 9. The van der Waals surface area contributed by atoms with Gasteiger partial charge in [-0.1, -0.05) is 34.1 Å². The van der Waals surface area contributed by atoms with Gasteiger partial charge in [-0.2, -0.15) is 0 Å². The SMILES string of the molecule is CCCC(NCC)C1CCC(OCCC(C)C)CC1. The molecule has 1 rings (SSSR count). The Balaban J connectivity index is 2.22. The van der Waals surface area contributed by atoms with Crippen LogP contribution < -0.4 is 5.32 Å². The molecule has 2 nitrogen and oxygen atoms in total. The van der Waals surface area contributed by atoms with Crippen molar-refractivity contribution < 1.29 is 4.74 Å². The first-order chi connectivity index (χ1) is 9.17. The lowest BCUT2D eigenvalue weighted by atomic mass is 9.81. The van der Waals surface area contributed by atoms with Crippen LogP contribution in [0.4, 0.5) is 0 Å². The molecule has 1 N–H and O–H groups in total. The van der Waals surface area contributed by atoms with Gasteiger partial charge in [0, 0.05) is 12.6 Å². The lowest BCUT2D eigenvalue weighted by molar-refractivity contribution is 0.00883. The third-order valence-electron chi connectivity index (χ3n) is 4.40. The monoisotopic (exact) mass is 269 g/mol. The summed E-state index contributed by atoms with van der Waals surface area (Å²) in [6.07, 6.45) is 9.62. The van der Waals surface area contributed by atoms with Crippen LogP contribution in [0.5, 0.6) is 0 Å². The van der Waals surface area contributed by atoms with Crippen molar-refractivity contribution in [1.82, 2.24) is 5.32 Å². The molecule has 0 aromatic carbocycles. The summed E-state index contributed by atoms with van der Waals surface area (Å²) in [6, 6.07) is 0.742. The fraction of sp³-hybridized carbons (Fsp3) is 1.00. The Labute approximate surface area is 120 Å². The fourth-order valence-electron chi connectivity index (χ4n) is 3.21. The molecule has 0 radical (unpaired) electrons. The van der Waals surface area contributed by atoms with Gasteiger partial charge in [-0.3, -0.25) is 0 Å². The van der Waals surface area contributed by atoms with E-state index in [-0.39, 0.29) is 0 Å². The molecule has 1 aliphatic carbocycles. The highest BCUT2D eigenvalue weighted by Crippen LogP contribution is 2.30. The van der Waals surface area contributed by atoms with E-state index in [1.54, 1.807) is 0 Å². The first-order valence-corrected chi connectivity index (χ1v) is 8.52. The van der Waals surface area contributed by atoms with Crippen molar-refractivity contribution in [3.63, 3.8) is 0 Å². The van der Waals surface area contributed by atoms with Crippen LogP contribution in [0.1, 0.15) is 72.6 Å². The Morgan fingerprint density at radius 3 is 2.26 bits per heavy atom. The molecule has 19 heavy (non-hydrogen) atoms. The minimum atomic E-state index is 0.541. The predicted octanol–water partition coefficient (Wildman–Crippen LogP) is 4.39. The zero-order valence-electron chi connectivity index (χ0n) is 13.6. The summed E-state index contributed by atoms with van der Waals surface area (Å²) in [5, 5.41) is 3.69. The van der Waals surface area contributed by atoms with E-state index in [1.165, 1.54) is 44.9 Å². The minimum absolute atomic E-state index is 0.541. The van der Waals surface area contributed by atoms with Gasteiger partial charge in [0.05, 0.1) is 6.10 Å². The molecule has 0 amide bonds. The van der Waals surface area contributed by atoms with Crippen molar-refractivity contribution in [2.75, 3.05) is 13.2 Å². The first-order valence-electron chi connectivity index (χ1n) is 8.52. The number of nitrogens with one attached hydrogen (secondary N) is 1. The molecule has 0 bridgehead atoms. The van der Waals surface area contributed by atoms with Gasteiger partial charge >= 0.3 is 0 Å². The molecule has 0 heterocycles. The molecule has 0 spiro atoms. The second-order valence-corrected chi connectivity index (χ2v) is 6.54. The summed E-state index contributed by atoms with van der Waals surface area (Å²) in [5.41, 5.74) is 0. The van der Waals surface area contributed by atoms with Crippen LogP contribution in [0, 0.1) is 11.8 Å².